The Balaban J connectivity index is 2.66. The van der Waals surface area contributed by atoms with E-state index in [1.807, 2.05) is 0 Å². The summed E-state index contributed by atoms with van der Waals surface area (Å²) in [5.41, 5.74) is -2.33. The summed E-state index contributed by atoms with van der Waals surface area (Å²) in [6, 6.07) is 0. The van der Waals surface area contributed by atoms with Gasteiger partial charge in [-0.25, -0.2) is 0 Å². The highest BCUT2D eigenvalue weighted by molar-refractivity contribution is 7.88. The summed E-state index contributed by atoms with van der Waals surface area (Å²) in [6.07, 6.45) is 1.92. The van der Waals surface area contributed by atoms with E-state index in [0.717, 1.165) is 11.1 Å². The first kappa shape index (κ1) is 16.8. The van der Waals surface area contributed by atoms with Crippen molar-refractivity contribution >= 4 is 16.2 Å². The smallest absolute Gasteiger partial charge is 0.375 e. The Bertz CT molecular complexity index is 724. The van der Waals surface area contributed by atoms with Crippen molar-refractivity contribution in [3.63, 3.8) is 0 Å². The van der Waals surface area contributed by atoms with E-state index < -0.39 is 15.6 Å². The van der Waals surface area contributed by atoms with Crippen LogP contribution in [0.5, 0.6) is 5.75 Å². The average molecular weight is 335 g/mol. The predicted octanol–water partition coefficient (Wildman–Crippen LogP) is 2.82. The van der Waals surface area contributed by atoms with Crippen LogP contribution in [-0.4, -0.2) is 20.5 Å². The lowest BCUT2D eigenvalue weighted by Crippen LogP contribution is -2.30. The third-order valence-corrected chi connectivity index (χ3v) is 4.75. The molecule has 2 rings (SSSR count). The first-order valence-electron chi connectivity index (χ1n) is 6.59. The Labute approximate surface area is 127 Å². The van der Waals surface area contributed by atoms with E-state index >= 15 is 0 Å². The van der Waals surface area contributed by atoms with E-state index in [4.69, 9.17) is 0 Å². The van der Waals surface area contributed by atoms with Crippen molar-refractivity contribution in [1.82, 2.24) is 5.32 Å². The van der Waals surface area contributed by atoms with Crippen molar-refractivity contribution in [2.45, 2.75) is 32.3 Å². The van der Waals surface area contributed by atoms with Crippen molar-refractivity contribution in [3.05, 3.63) is 34.4 Å². The number of hydrogen-bond donors (Lipinski definition) is 1. The summed E-state index contributed by atoms with van der Waals surface area (Å²) in [4.78, 5) is 0. The second-order valence-corrected chi connectivity index (χ2v) is 6.60. The van der Waals surface area contributed by atoms with E-state index in [2.05, 4.69) is 16.1 Å². The third-order valence-electron chi connectivity index (χ3n) is 3.79. The second-order valence-electron chi connectivity index (χ2n) is 5.06. The fourth-order valence-corrected chi connectivity index (χ4v) is 3.17. The number of hydrogen-bond acceptors (Lipinski definition) is 4. The Morgan fingerprint density at radius 2 is 1.86 bits per heavy atom. The molecule has 1 aromatic carbocycles. The van der Waals surface area contributed by atoms with E-state index in [-0.39, 0.29) is 11.3 Å². The van der Waals surface area contributed by atoms with Gasteiger partial charge in [0, 0.05) is 12.1 Å². The molecular weight excluding hydrogens is 319 g/mol. The van der Waals surface area contributed by atoms with Gasteiger partial charge in [0.05, 0.1) is 0 Å². The molecule has 0 atom stereocenters. The molecule has 0 radical (unpaired) electrons. The lowest BCUT2D eigenvalue weighted by Gasteiger charge is -2.26. The summed E-state index contributed by atoms with van der Waals surface area (Å²) in [5.74, 6) is -0.287. The van der Waals surface area contributed by atoms with Gasteiger partial charge in [-0.3, -0.25) is 0 Å². The van der Waals surface area contributed by atoms with Gasteiger partial charge in [0.1, 0.15) is 0 Å². The molecule has 0 fully saturated rings. The number of fused-ring (bicyclic) bond motifs is 1. The van der Waals surface area contributed by atoms with Crippen LogP contribution in [0.1, 0.15) is 27.8 Å². The first-order valence-corrected chi connectivity index (χ1v) is 7.99. The Morgan fingerprint density at radius 3 is 2.41 bits per heavy atom. The Morgan fingerprint density at radius 1 is 1.23 bits per heavy atom. The molecule has 122 valence electrons. The molecule has 8 heteroatoms. The molecule has 0 aromatic heterocycles. The monoisotopic (exact) mass is 335 g/mol. The van der Waals surface area contributed by atoms with Crippen molar-refractivity contribution in [1.29, 1.82) is 0 Å². The Kier molecular flexibility index (Phi) is 4.27. The molecule has 0 aliphatic carbocycles. The van der Waals surface area contributed by atoms with Crippen LogP contribution >= 0.6 is 0 Å². The fourth-order valence-electron chi connectivity index (χ4n) is 2.64. The maximum Gasteiger partial charge on any atom is 0.534 e. The second kappa shape index (κ2) is 5.58. The molecule has 0 bridgehead atoms. The van der Waals surface area contributed by atoms with Crippen molar-refractivity contribution < 1.29 is 25.8 Å². The standard InChI is InChI=1S/C14H16F3NO3S/c1-4-10-8(2)12-7-18-6-5-11(12)9(3)13(10)21-22(19,20)14(15,16)17/h4,18H,1,5-7H2,2-3H3. The zero-order valence-corrected chi connectivity index (χ0v) is 13.0. The van der Waals surface area contributed by atoms with Crippen molar-refractivity contribution in [2.75, 3.05) is 6.54 Å². The normalized spacial score (nSPS) is 15.3. The number of nitrogens with one attached hydrogen (secondary N) is 1. The predicted molar refractivity (Wildman–Crippen MR) is 77.0 cm³/mol. The van der Waals surface area contributed by atoms with Gasteiger partial charge < -0.3 is 9.50 Å². The number of halogens is 3. The molecule has 0 unspecified atom stereocenters. The molecule has 4 nitrogen and oxygen atoms in total. The van der Waals surface area contributed by atoms with Gasteiger partial charge >= 0.3 is 15.6 Å². The molecule has 1 N–H and O–H groups in total. The number of benzene rings is 1. The zero-order chi connectivity index (χ0) is 16.7. The number of rotatable bonds is 3. The van der Waals surface area contributed by atoms with E-state index in [9.17, 15) is 21.6 Å². The summed E-state index contributed by atoms with van der Waals surface area (Å²) < 4.78 is 64.8. The molecule has 1 aliphatic rings. The van der Waals surface area contributed by atoms with Crippen LogP contribution in [-0.2, 0) is 23.1 Å². The maximum absolute atomic E-state index is 12.6. The minimum atomic E-state index is -5.71. The van der Waals surface area contributed by atoms with Crippen molar-refractivity contribution in [3.8, 4) is 5.75 Å². The minimum absolute atomic E-state index is 0.271. The van der Waals surface area contributed by atoms with Crippen LogP contribution in [0.3, 0.4) is 0 Å². The van der Waals surface area contributed by atoms with Crippen LogP contribution in [0.25, 0.3) is 6.08 Å². The highest BCUT2D eigenvalue weighted by Crippen LogP contribution is 2.38. The van der Waals surface area contributed by atoms with Gasteiger partial charge in [0.25, 0.3) is 0 Å². The third kappa shape index (κ3) is 2.72. The largest absolute Gasteiger partial charge is 0.534 e. The Hall–Kier alpha value is -1.54. The van der Waals surface area contributed by atoms with E-state index in [0.29, 0.717) is 30.6 Å². The molecule has 1 aliphatic heterocycles. The highest BCUT2D eigenvalue weighted by atomic mass is 32.2. The lowest BCUT2D eigenvalue weighted by molar-refractivity contribution is -0.0500. The SMILES string of the molecule is C=Cc1c(C)c2c(c(C)c1OS(=O)(=O)C(F)(F)F)CCNC2. The average Bonchev–Trinajstić information content (AvgIpc) is 2.43. The quantitative estimate of drug-likeness (QED) is 0.682. The van der Waals surface area contributed by atoms with Gasteiger partial charge in [-0.15, -0.1) is 0 Å². The van der Waals surface area contributed by atoms with Crippen LogP contribution in [0.4, 0.5) is 13.2 Å². The molecular formula is C14H16F3NO3S. The van der Waals surface area contributed by atoms with Crippen LogP contribution < -0.4 is 9.50 Å². The minimum Gasteiger partial charge on any atom is -0.375 e. The van der Waals surface area contributed by atoms with E-state index in [1.165, 1.54) is 6.08 Å². The van der Waals surface area contributed by atoms with Gasteiger partial charge in [0.2, 0.25) is 0 Å². The van der Waals surface area contributed by atoms with Crippen LogP contribution in [0.15, 0.2) is 6.58 Å². The molecule has 22 heavy (non-hydrogen) atoms. The maximum atomic E-state index is 12.6. The summed E-state index contributed by atoms with van der Waals surface area (Å²) in [5, 5.41) is 3.18. The van der Waals surface area contributed by atoms with Gasteiger partial charge in [-0.2, -0.15) is 21.6 Å². The summed E-state index contributed by atoms with van der Waals surface area (Å²) in [6.45, 7) is 8.09. The van der Waals surface area contributed by atoms with Crippen LogP contribution in [0, 0.1) is 13.8 Å². The molecule has 0 amide bonds. The van der Waals surface area contributed by atoms with Crippen molar-refractivity contribution in [2.24, 2.45) is 0 Å². The van der Waals surface area contributed by atoms with E-state index in [1.54, 1.807) is 13.8 Å². The molecule has 0 spiro atoms. The molecule has 0 saturated heterocycles. The molecule has 0 saturated carbocycles. The fraction of sp³-hybridized carbons (Fsp3) is 0.429. The summed E-state index contributed by atoms with van der Waals surface area (Å²) >= 11 is 0. The molecule has 1 heterocycles. The van der Waals surface area contributed by atoms with Crippen LogP contribution in [0.2, 0.25) is 0 Å². The van der Waals surface area contributed by atoms with Gasteiger partial charge in [-0.1, -0.05) is 12.7 Å². The number of alkyl halides is 3. The molecule has 1 aromatic rings. The first-order chi connectivity index (χ1) is 10.1. The zero-order valence-electron chi connectivity index (χ0n) is 12.2. The van der Waals surface area contributed by atoms with Gasteiger partial charge in [-0.05, 0) is 49.1 Å². The lowest BCUT2D eigenvalue weighted by atomic mass is 9.88. The topological polar surface area (TPSA) is 55.4 Å². The summed E-state index contributed by atoms with van der Waals surface area (Å²) in [7, 11) is -5.71. The van der Waals surface area contributed by atoms with Gasteiger partial charge in [0.15, 0.2) is 5.75 Å². The highest BCUT2D eigenvalue weighted by Gasteiger charge is 2.49.